The Labute approximate surface area is 123 Å². The normalized spacial score (nSPS) is 12.7. The number of hydrogen-bond acceptors (Lipinski definition) is 1. The molecular weight excluding hydrogens is 248 g/mol. The van der Waals surface area contributed by atoms with Gasteiger partial charge in [-0.25, -0.2) is 0 Å². The fraction of sp³-hybridized carbons (Fsp3) is 0.882. The molecule has 0 amide bonds. The van der Waals surface area contributed by atoms with E-state index in [0.29, 0.717) is 16.6 Å². The van der Waals surface area contributed by atoms with Crippen LogP contribution in [-0.4, -0.2) is 14.9 Å². The molecule has 0 aromatic rings. The van der Waals surface area contributed by atoms with E-state index in [1.807, 2.05) is 6.08 Å². The highest BCUT2D eigenvalue weighted by Crippen LogP contribution is 2.42. The predicted molar refractivity (Wildman–Crippen MR) is 90.3 cm³/mol. The van der Waals surface area contributed by atoms with Crippen molar-refractivity contribution in [2.45, 2.75) is 90.3 Å². The van der Waals surface area contributed by atoms with Crippen molar-refractivity contribution in [2.24, 2.45) is 0 Å². The predicted octanol–water partition coefficient (Wildman–Crippen LogP) is 6.32. The highest BCUT2D eigenvalue weighted by molar-refractivity contribution is 6.77. The molecule has 0 saturated carbocycles. The van der Waals surface area contributed by atoms with Crippen LogP contribution in [0.4, 0.5) is 0 Å². The van der Waals surface area contributed by atoms with E-state index in [9.17, 15) is 0 Å². The van der Waals surface area contributed by atoms with Crippen LogP contribution in [0, 0.1) is 0 Å². The molecule has 0 spiro atoms. The number of rotatable bonds is 11. The molecule has 0 heterocycles. The molecule has 19 heavy (non-hydrogen) atoms. The Kier molecular flexibility index (Phi) is 9.72. The maximum atomic E-state index is 6.54. The van der Waals surface area contributed by atoms with Crippen molar-refractivity contribution in [3.63, 3.8) is 0 Å². The van der Waals surface area contributed by atoms with E-state index in [4.69, 9.17) is 4.43 Å². The minimum atomic E-state index is -1.62. The first-order chi connectivity index (χ1) is 8.89. The summed E-state index contributed by atoms with van der Waals surface area (Å²) in [6.07, 6.45) is 8.29. The number of allylic oxidation sites excluding steroid dienone is 1. The van der Waals surface area contributed by atoms with Gasteiger partial charge in [-0.15, -0.1) is 6.58 Å². The van der Waals surface area contributed by atoms with Crippen LogP contribution in [-0.2, 0) is 4.43 Å². The summed E-state index contributed by atoms with van der Waals surface area (Å²) >= 11 is 0. The fourth-order valence-corrected chi connectivity index (χ4v) is 8.99. The van der Waals surface area contributed by atoms with Crippen molar-refractivity contribution in [1.29, 1.82) is 0 Å². The quantitative estimate of drug-likeness (QED) is 0.245. The van der Waals surface area contributed by atoms with Crippen LogP contribution in [0.15, 0.2) is 12.7 Å². The molecule has 0 bridgehead atoms. The lowest BCUT2D eigenvalue weighted by Crippen LogP contribution is -2.47. The van der Waals surface area contributed by atoms with Crippen LogP contribution in [0.1, 0.15) is 73.6 Å². The molecule has 0 radical (unpaired) electrons. The molecule has 0 aromatic heterocycles. The van der Waals surface area contributed by atoms with Crippen molar-refractivity contribution in [3.05, 3.63) is 12.7 Å². The first-order valence-electron chi connectivity index (χ1n) is 8.14. The van der Waals surface area contributed by atoms with E-state index in [0.717, 1.165) is 13.0 Å². The Morgan fingerprint density at radius 2 is 1.32 bits per heavy atom. The zero-order chi connectivity index (χ0) is 14.9. The number of unbranched alkanes of at least 4 members (excludes halogenated alkanes) is 4. The average Bonchev–Trinajstić information content (AvgIpc) is 2.31. The second-order valence-electron chi connectivity index (χ2n) is 6.66. The van der Waals surface area contributed by atoms with Gasteiger partial charge in [-0.2, -0.15) is 0 Å². The van der Waals surface area contributed by atoms with Gasteiger partial charge in [0.25, 0.3) is 0 Å². The Morgan fingerprint density at radius 1 is 0.842 bits per heavy atom. The highest BCUT2D eigenvalue weighted by atomic mass is 28.4. The molecule has 0 rings (SSSR count). The zero-order valence-electron chi connectivity index (χ0n) is 14.2. The van der Waals surface area contributed by atoms with Gasteiger partial charge >= 0.3 is 0 Å². The van der Waals surface area contributed by atoms with Gasteiger partial charge in [-0.05, 0) is 35.9 Å². The third-order valence-corrected chi connectivity index (χ3v) is 10.5. The fourth-order valence-electron chi connectivity index (χ4n) is 3.49. The van der Waals surface area contributed by atoms with Gasteiger partial charge < -0.3 is 4.43 Å². The molecule has 114 valence electrons. The lowest BCUT2D eigenvalue weighted by molar-refractivity contribution is 0.268. The molecule has 0 aliphatic rings. The van der Waals surface area contributed by atoms with E-state index in [-0.39, 0.29) is 0 Å². The van der Waals surface area contributed by atoms with Gasteiger partial charge in [-0.3, -0.25) is 0 Å². The van der Waals surface area contributed by atoms with Crippen molar-refractivity contribution in [3.8, 4) is 0 Å². The molecule has 0 aromatic carbocycles. The molecule has 2 heteroatoms. The lowest BCUT2D eigenvalue weighted by Gasteiger charge is -2.42. The molecule has 0 aliphatic carbocycles. The van der Waals surface area contributed by atoms with Crippen LogP contribution in [0.2, 0.25) is 16.6 Å². The van der Waals surface area contributed by atoms with Gasteiger partial charge in [0.1, 0.15) is 0 Å². The molecule has 1 nitrogen and oxygen atoms in total. The van der Waals surface area contributed by atoms with Gasteiger partial charge in [0, 0.05) is 6.61 Å². The second-order valence-corrected chi connectivity index (χ2v) is 12.1. The summed E-state index contributed by atoms with van der Waals surface area (Å²) in [5, 5.41) is 0. The van der Waals surface area contributed by atoms with Crippen LogP contribution < -0.4 is 0 Å². The van der Waals surface area contributed by atoms with Crippen LogP contribution in [0.3, 0.4) is 0 Å². The van der Waals surface area contributed by atoms with Crippen LogP contribution in [0.5, 0.6) is 0 Å². The molecule has 0 saturated heterocycles. The summed E-state index contributed by atoms with van der Waals surface area (Å²) < 4.78 is 6.54. The first kappa shape index (κ1) is 18.9. The molecular formula is C17H36OSi. The molecule has 0 unspecified atom stereocenters. The zero-order valence-corrected chi connectivity index (χ0v) is 15.2. The maximum Gasteiger partial charge on any atom is 0.200 e. The average molecular weight is 285 g/mol. The minimum absolute atomic E-state index is 0.702. The Morgan fingerprint density at radius 3 is 1.74 bits per heavy atom. The van der Waals surface area contributed by atoms with Crippen molar-refractivity contribution < 1.29 is 4.43 Å². The summed E-state index contributed by atoms with van der Waals surface area (Å²) in [6.45, 7) is 18.9. The summed E-state index contributed by atoms with van der Waals surface area (Å²) in [5.41, 5.74) is 2.11. The third kappa shape index (κ3) is 5.82. The van der Waals surface area contributed by atoms with E-state index >= 15 is 0 Å². The summed E-state index contributed by atoms with van der Waals surface area (Å²) in [4.78, 5) is 0. The molecule has 0 N–H and O–H groups in total. The maximum absolute atomic E-state index is 6.54. The summed E-state index contributed by atoms with van der Waals surface area (Å²) in [5.74, 6) is 0. The number of hydrogen-bond donors (Lipinski definition) is 0. The van der Waals surface area contributed by atoms with Crippen molar-refractivity contribution >= 4 is 8.32 Å². The smallest absolute Gasteiger partial charge is 0.200 e. The van der Waals surface area contributed by atoms with Crippen molar-refractivity contribution in [1.82, 2.24) is 0 Å². The summed E-state index contributed by atoms with van der Waals surface area (Å²) in [7, 11) is -1.62. The third-order valence-electron chi connectivity index (χ3n) is 4.36. The first-order valence-corrected chi connectivity index (χ1v) is 10.3. The molecule has 0 aliphatic heterocycles. The van der Waals surface area contributed by atoms with E-state index in [2.05, 4.69) is 48.1 Å². The second kappa shape index (κ2) is 9.76. The molecule has 0 atom stereocenters. The van der Waals surface area contributed by atoms with Gasteiger partial charge in [0.05, 0.1) is 0 Å². The standard InChI is InChI=1S/C17H36OSi/c1-8-9-10-11-12-13-14-18-19(15(2)3,16(4)5)17(6)7/h8,15-17H,1,9-14H2,2-7H3. The Bertz CT molecular complexity index is 212. The van der Waals surface area contributed by atoms with E-state index < -0.39 is 8.32 Å². The Balaban J connectivity index is 4.18. The minimum Gasteiger partial charge on any atom is -0.416 e. The largest absolute Gasteiger partial charge is 0.416 e. The van der Waals surface area contributed by atoms with Crippen LogP contribution in [0.25, 0.3) is 0 Å². The lowest BCUT2D eigenvalue weighted by atomic mass is 10.1. The van der Waals surface area contributed by atoms with Crippen molar-refractivity contribution in [2.75, 3.05) is 6.61 Å². The van der Waals surface area contributed by atoms with Gasteiger partial charge in [0.15, 0.2) is 8.32 Å². The monoisotopic (exact) mass is 284 g/mol. The van der Waals surface area contributed by atoms with Gasteiger partial charge in [0.2, 0.25) is 0 Å². The highest BCUT2D eigenvalue weighted by Gasteiger charge is 2.44. The van der Waals surface area contributed by atoms with Gasteiger partial charge in [-0.1, -0.05) is 60.5 Å². The molecule has 0 fully saturated rings. The topological polar surface area (TPSA) is 9.23 Å². The van der Waals surface area contributed by atoms with E-state index in [1.54, 1.807) is 0 Å². The summed E-state index contributed by atoms with van der Waals surface area (Å²) in [6, 6.07) is 0. The Hall–Kier alpha value is -0.0831. The SMILES string of the molecule is C=CCCCCCCO[Si](C(C)C)(C(C)C)C(C)C. The van der Waals surface area contributed by atoms with Crippen LogP contribution >= 0.6 is 0 Å². The van der Waals surface area contributed by atoms with E-state index in [1.165, 1.54) is 25.7 Å².